The molecule has 2 heterocycles. The summed E-state index contributed by atoms with van der Waals surface area (Å²) in [5.41, 5.74) is 4.08. The third kappa shape index (κ3) is 3.21. The lowest BCUT2D eigenvalue weighted by Crippen LogP contribution is -2.37. The Morgan fingerprint density at radius 2 is 1.96 bits per heavy atom. The van der Waals surface area contributed by atoms with Gasteiger partial charge in [-0.1, -0.05) is 47.1 Å². The number of carbonyl (C=O) groups is 1. The van der Waals surface area contributed by atoms with E-state index in [-0.39, 0.29) is 18.6 Å². The lowest BCUT2D eigenvalue weighted by atomic mass is 10.0. The zero-order valence-corrected chi connectivity index (χ0v) is 15.7. The second kappa shape index (κ2) is 6.91. The Kier molecular flexibility index (Phi) is 4.44. The van der Waals surface area contributed by atoms with Crippen LogP contribution in [-0.2, 0) is 13.2 Å². The third-order valence-electron chi connectivity index (χ3n) is 4.82. The number of nitrogens with zero attached hydrogens (tertiary/aromatic N) is 2. The molecule has 0 saturated heterocycles. The van der Waals surface area contributed by atoms with Gasteiger partial charge >= 0.3 is 0 Å². The number of hydrogen-bond donors (Lipinski definition) is 0. The van der Waals surface area contributed by atoms with Gasteiger partial charge < -0.3 is 14.2 Å². The summed E-state index contributed by atoms with van der Waals surface area (Å²) in [7, 11) is 0. The molecule has 3 aromatic rings. The van der Waals surface area contributed by atoms with Crippen LogP contribution >= 0.6 is 0 Å². The van der Waals surface area contributed by atoms with Crippen molar-refractivity contribution in [3.05, 3.63) is 70.9 Å². The molecular weight excluding hydrogens is 340 g/mol. The molecule has 0 radical (unpaired) electrons. The van der Waals surface area contributed by atoms with E-state index in [0.717, 1.165) is 28.0 Å². The first kappa shape index (κ1) is 17.3. The third-order valence-corrected chi connectivity index (χ3v) is 4.82. The molecule has 0 spiro atoms. The Labute approximate surface area is 158 Å². The summed E-state index contributed by atoms with van der Waals surface area (Å²) < 4.78 is 11.4. The maximum atomic E-state index is 13.3. The highest BCUT2D eigenvalue weighted by Crippen LogP contribution is 2.39. The van der Waals surface area contributed by atoms with Gasteiger partial charge in [-0.2, -0.15) is 0 Å². The van der Waals surface area contributed by atoms with Crippen molar-refractivity contribution >= 4 is 5.91 Å². The van der Waals surface area contributed by atoms with E-state index in [0.29, 0.717) is 18.0 Å². The van der Waals surface area contributed by atoms with Gasteiger partial charge in [0.2, 0.25) is 0 Å². The summed E-state index contributed by atoms with van der Waals surface area (Å²) in [6, 6.07) is 15.9. The van der Waals surface area contributed by atoms with Gasteiger partial charge in [0, 0.05) is 12.6 Å². The van der Waals surface area contributed by atoms with Crippen molar-refractivity contribution in [3.63, 3.8) is 0 Å². The topological polar surface area (TPSA) is 55.6 Å². The van der Waals surface area contributed by atoms with Gasteiger partial charge in [-0.3, -0.25) is 4.79 Å². The number of carbonyl (C=O) groups excluding carboxylic acids is 1. The molecule has 1 aromatic heterocycles. The minimum absolute atomic E-state index is 0.0316. The summed E-state index contributed by atoms with van der Waals surface area (Å²) in [5, 5.41) is 4.12. The number of benzene rings is 2. The molecule has 1 aliphatic rings. The zero-order valence-electron chi connectivity index (χ0n) is 15.7. The monoisotopic (exact) mass is 362 g/mol. The molecular formula is C22H22N2O3. The Morgan fingerprint density at radius 3 is 2.70 bits per heavy atom. The van der Waals surface area contributed by atoms with Crippen molar-refractivity contribution < 1.29 is 14.1 Å². The molecule has 0 atom stereocenters. The molecule has 2 aromatic carbocycles. The van der Waals surface area contributed by atoms with E-state index in [1.807, 2.05) is 69.3 Å². The van der Waals surface area contributed by atoms with E-state index in [4.69, 9.17) is 9.26 Å². The van der Waals surface area contributed by atoms with Crippen molar-refractivity contribution in [2.45, 2.75) is 40.0 Å². The Morgan fingerprint density at radius 1 is 1.19 bits per heavy atom. The van der Waals surface area contributed by atoms with Crippen LogP contribution in [-0.4, -0.2) is 22.0 Å². The lowest BCUT2D eigenvalue weighted by molar-refractivity contribution is 0.0677. The van der Waals surface area contributed by atoms with Crippen LogP contribution in [0.3, 0.4) is 0 Å². The summed E-state index contributed by atoms with van der Waals surface area (Å²) in [6.45, 7) is 6.82. The number of ether oxygens (including phenoxy) is 1. The standard InChI is InChI=1S/C22H22N2O3/c1-14(2)24(12-16-7-5-4-6-8-16)22(25)20-18-13-26-19-10-9-15(3)11-17(19)21(18)27-23-20/h4-11,14H,12-13H2,1-3H3. The molecule has 0 unspecified atom stereocenters. The van der Waals surface area contributed by atoms with Crippen molar-refractivity contribution in [2.24, 2.45) is 0 Å². The molecule has 0 saturated carbocycles. The molecule has 0 aliphatic carbocycles. The van der Waals surface area contributed by atoms with Crippen LogP contribution in [0.4, 0.5) is 0 Å². The Bertz CT molecular complexity index is 976. The molecule has 4 rings (SSSR count). The normalized spacial score (nSPS) is 12.3. The maximum absolute atomic E-state index is 13.3. The van der Waals surface area contributed by atoms with E-state index in [1.165, 1.54) is 0 Å². The van der Waals surface area contributed by atoms with Gasteiger partial charge in [0.1, 0.15) is 12.4 Å². The van der Waals surface area contributed by atoms with E-state index >= 15 is 0 Å². The van der Waals surface area contributed by atoms with Crippen LogP contribution in [0.1, 0.15) is 41.0 Å². The Hall–Kier alpha value is -3.08. The van der Waals surface area contributed by atoms with Gasteiger partial charge in [0.05, 0.1) is 11.1 Å². The summed E-state index contributed by atoms with van der Waals surface area (Å²) in [4.78, 5) is 15.1. The summed E-state index contributed by atoms with van der Waals surface area (Å²) >= 11 is 0. The lowest BCUT2D eigenvalue weighted by Gasteiger charge is -2.26. The van der Waals surface area contributed by atoms with Gasteiger partial charge in [0.15, 0.2) is 11.5 Å². The predicted octanol–water partition coefficient (Wildman–Crippen LogP) is 4.59. The average molecular weight is 362 g/mol. The molecule has 0 fully saturated rings. The van der Waals surface area contributed by atoms with E-state index in [9.17, 15) is 4.79 Å². The molecule has 5 nitrogen and oxygen atoms in total. The average Bonchev–Trinajstić information content (AvgIpc) is 3.11. The van der Waals surface area contributed by atoms with Crippen LogP contribution in [0.15, 0.2) is 53.1 Å². The van der Waals surface area contributed by atoms with E-state index < -0.39 is 0 Å². The van der Waals surface area contributed by atoms with Crippen LogP contribution in [0, 0.1) is 6.92 Å². The summed E-state index contributed by atoms with van der Waals surface area (Å²) in [5.74, 6) is 1.25. The predicted molar refractivity (Wildman–Crippen MR) is 102 cm³/mol. The molecule has 1 amide bonds. The highest BCUT2D eigenvalue weighted by Gasteiger charge is 2.32. The number of aromatic nitrogens is 1. The second-order valence-electron chi connectivity index (χ2n) is 7.14. The van der Waals surface area contributed by atoms with Gasteiger partial charge in [0.25, 0.3) is 5.91 Å². The maximum Gasteiger partial charge on any atom is 0.277 e. The Balaban J connectivity index is 1.68. The second-order valence-corrected chi connectivity index (χ2v) is 7.14. The first-order chi connectivity index (χ1) is 13.0. The molecule has 5 heteroatoms. The smallest absolute Gasteiger partial charge is 0.277 e. The molecule has 138 valence electrons. The van der Waals surface area contributed by atoms with Gasteiger partial charge in [-0.25, -0.2) is 0 Å². The van der Waals surface area contributed by atoms with Crippen LogP contribution < -0.4 is 4.74 Å². The van der Waals surface area contributed by atoms with Gasteiger partial charge in [-0.15, -0.1) is 0 Å². The van der Waals surface area contributed by atoms with Crippen LogP contribution in [0.2, 0.25) is 0 Å². The molecule has 0 N–H and O–H groups in total. The number of amides is 1. The first-order valence-corrected chi connectivity index (χ1v) is 9.12. The number of rotatable bonds is 4. The number of fused-ring (bicyclic) bond motifs is 3. The fraction of sp³-hybridized carbons (Fsp3) is 0.273. The largest absolute Gasteiger partial charge is 0.488 e. The molecule has 0 bridgehead atoms. The van der Waals surface area contributed by atoms with Crippen LogP contribution in [0.5, 0.6) is 5.75 Å². The minimum atomic E-state index is -0.140. The molecule has 27 heavy (non-hydrogen) atoms. The SMILES string of the molecule is Cc1ccc2c(c1)-c1onc(C(=O)N(Cc3ccccc3)C(C)C)c1CO2. The minimum Gasteiger partial charge on any atom is -0.488 e. The van der Waals surface area contributed by atoms with E-state index in [2.05, 4.69) is 5.16 Å². The quantitative estimate of drug-likeness (QED) is 0.681. The van der Waals surface area contributed by atoms with E-state index in [1.54, 1.807) is 4.90 Å². The van der Waals surface area contributed by atoms with Crippen molar-refractivity contribution in [3.8, 4) is 17.1 Å². The fourth-order valence-electron chi connectivity index (χ4n) is 3.32. The van der Waals surface area contributed by atoms with Gasteiger partial charge in [-0.05, 0) is 38.5 Å². The fourth-order valence-corrected chi connectivity index (χ4v) is 3.32. The highest BCUT2D eigenvalue weighted by atomic mass is 16.5. The van der Waals surface area contributed by atoms with Crippen molar-refractivity contribution in [1.29, 1.82) is 0 Å². The van der Waals surface area contributed by atoms with Crippen LogP contribution in [0.25, 0.3) is 11.3 Å². The number of hydrogen-bond acceptors (Lipinski definition) is 4. The zero-order chi connectivity index (χ0) is 19.0. The first-order valence-electron chi connectivity index (χ1n) is 9.12. The highest BCUT2D eigenvalue weighted by molar-refractivity contribution is 5.95. The van der Waals surface area contributed by atoms with Crippen molar-refractivity contribution in [1.82, 2.24) is 10.1 Å². The van der Waals surface area contributed by atoms with Crippen molar-refractivity contribution in [2.75, 3.05) is 0 Å². The number of aryl methyl sites for hydroxylation is 1. The summed E-state index contributed by atoms with van der Waals surface area (Å²) in [6.07, 6.45) is 0. The molecule has 1 aliphatic heterocycles.